The van der Waals surface area contributed by atoms with Crippen molar-refractivity contribution in [3.63, 3.8) is 0 Å². The molecule has 7 nitrogen and oxygen atoms in total. The highest BCUT2D eigenvalue weighted by molar-refractivity contribution is 6.27. The normalized spacial score (nSPS) is 11.8. The predicted molar refractivity (Wildman–Crippen MR) is 306 cm³/mol. The van der Waals surface area contributed by atoms with Gasteiger partial charge in [0.05, 0.1) is 33.1 Å². The van der Waals surface area contributed by atoms with Crippen molar-refractivity contribution in [3.05, 3.63) is 249 Å². The van der Waals surface area contributed by atoms with Crippen LogP contribution >= 0.6 is 0 Å². The zero-order valence-corrected chi connectivity index (χ0v) is 39.8. The number of hydrogen-bond acceptors (Lipinski definition) is 6. The zero-order valence-electron chi connectivity index (χ0n) is 39.8. The first-order chi connectivity index (χ1) is 36.7. The maximum atomic E-state index is 5.79. The molecule has 15 rings (SSSR count). The Morgan fingerprint density at radius 1 is 0.297 bits per heavy atom. The largest absolute Gasteiger partial charge is 0.310 e. The van der Waals surface area contributed by atoms with E-state index in [9.17, 15) is 0 Å². The van der Waals surface area contributed by atoms with Crippen LogP contribution in [0, 0.1) is 0 Å². The first-order valence-corrected chi connectivity index (χ1v) is 24.9. The van der Waals surface area contributed by atoms with Crippen LogP contribution in [-0.2, 0) is 0 Å². The van der Waals surface area contributed by atoms with E-state index in [1.54, 1.807) is 0 Å². The number of aromatic nitrogens is 6. The fraction of sp³-hybridized carbons (Fsp3) is 0. The second-order valence-corrected chi connectivity index (χ2v) is 18.8. The van der Waals surface area contributed by atoms with E-state index in [4.69, 9.17) is 24.9 Å². The summed E-state index contributed by atoms with van der Waals surface area (Å²) in [5, 5.41) is 10.7. The molecule has 0 atom stereocenters. The number of benzene rings is 12. The number of fused-ring (bicyclic) bond motifs is 13. The Morgan fingerprint density at radius 2 is 0.838 bits per heavy atom. The van der Waals surface area contributed by atoms with Gasteiger partial charge in [-0.2, -0.15) is 9.97 Å². The van der Waals surface area contributed by atoms with Crippen molar-refractivity contribution < 1.29 is 0 Å². The molecule has 0 fully saturated rings. The average molecular weight is 944 g/mol. The SMILES string of the molecule is c1ccc(-c2ccc3c(c2)c2c4nc5c6ccc(N(c7ccccc7)c7ccccc7)cc6c6ccccc6c5nc4ccc2n3-c2nc(-c3cccc4ccccc34)nc(-c3cccc4ccccc34)n2)cc1. The van der Waals surface area contributed by atoms with Gasteiger partial charge in [0.2, 0.25) is 5.95 Å². The fourth-order valence-electron chi connectivity index (χ4n) is 11.2. The molecule has 0 amide bonds. The minimum atomic E-state index is 0.511. The summed E-state index contributed by atoms with van der Waals surface area (Å²) in [6.07, 6.45) is 0. The monoisotopic (exact) mass is 943 g/mol. The summed E-state index contributed by atoms with van der Waals surface area (Å²) in [4.78, 5) is 29.9. The Morgan fingerprint density at radius 3 is 1.50 bits per heavy atom. The summed E-state index contributed by atoms with van der Waals surface area (Å²) in [5.41, 5.74) is 12.5. The third kappa shape index (κ3) is 6.64. The predicted octanol–water partition coefficient (Wildman–Crippen LogP) is 17.1. The molecular weight excluding hydrogens is 903 g/mol. The molecule has 7 heteroatoms. The second kappa shape index (κ2) is 16.8. The lowest BCUT2D eigenvalue weighted by molar-refractivity contribution is 0.955. The van der Waals surface area contributed by atoms with E-state index in [0.717, 1.165) is 126 Å². The third-order valence-electron chi connectivity index (χ3n) is 14.6. The zero-order chi connectivity index (χ0) is 48.7. The molecule has 74 heavy (non-hydrogen) atoms. The van der Waals surface area contributed by atoms with Gasteiger partial charge in [0.25, 0.3) is 0 Å². The Labute approximate surface area is 425 Å². The number of hydrogen-bond donors (Lipinski definition) is 0. The molecule has 3 aromatic heterocycles. The molecular formula is C67H41N7. The van der Waals surface area contributed by atoms with Crippen LogP contribution in [0.5, 0.6) is 0 Å². The molecule has 0 aliphatic carbocycles. The van der Waals surface area contributed by atoms with Gasteiger partial charge in [0, 0.05) is 49.7 Å². The van der Waals surface area contributed by atoms with Crippen LogP contribution in [0.25, 0.3) is 127 Å². The van der Waals surface area contributed by atoms with Crippen molar-refractivity contribution in [1.29, 1.82) is 0 Å². The van der Waals surface area contributed by atoms with Gasteiger partial charge < -0.3 is 4.90 Å². The molecule has 0 spiro atoms. The Kier molecular flexibility index (Phi) is 9.43. The van der Waals surface area contributed by atoms with Gasteiger partial charge in [-0.1, -0.05) is 188 Å². The van der Waals surface area contributed by atoms with E-state index in [1.807, 2.05) is 0 Å². The highest BCUT2D eigenvalue weighted by Crippen LogP contribution is 2.43. The van der Waals surface area contributed by atoms with E-state index in [1.165, 1.54) is 0 Å². The first kappa shape index (κ1) is 41.7. The molecule has 0 N–H and O–H groups in total. The van der Waals surface area contributed by atoms with Crippen LogP contribution in [-0.4, -0.2) is 29.5 Å². The molecule has 3 heterocycles. The molecule has 0 aliphatic rings. The van der Waals surface area contributed by atoms with Gasteiger partial charge >= 0.3 is 0 Å². The van der Waals surface area contributed by atoms with Gasteiger partial charge in [-0.05, 0) is 104 Å². The highest BCUT2D eigenvalue weighted by atomic mass is 15.2. The van der Waals surface area contributed by atoms with Crippen LogP contribution < -0.4 is 4.90 Å². The van der Waals surface area contributed by atoms with E-state index in [-0.39, 0.29) is 0 Å². The van der Waals surface area contributed by atoms with Gasteiger partial charge in [-0.15, -0.1) is 0 Å². The molecule has 0 saturated carbocycles. The van der Waals surface area contributed by atoms with Crippen LogP contribution in [0.1, 0.15) is 0 Å². The molecule has 0 saturated heterocycles. The highest BCUT2D eigenvalue weighted by Gasteiger charge is 2.24. The summed E-state index contributed by atoms with van der Waals surface area (Å²) < 4.78 is 2.20. The van der Waals surface area contributed by atoms with E-state index < -0.39 is 0 Å². The van der Waals surface area contributed by atoms with Crippen molar-refractivity contribution in [2.75, 3.05) is 4.90 Å². The van der Waals surface area contributed by atoms with Gasteiger partial charge in [0.1, 0.15) is 0 Å². The minimum Gasteiger partial charge on any atom is -0.310 e. The maximum Gasteiger partial charge on any atom is 0.238 e. The van der Waals surface area contributed by atoms with Crippen molar-refractivity contribution in [2.45, 2.75) is 0 Å². The topological polar surface area (TPSA) is 72.6 Å². The molecule has 0 bridgehead atoms. The van der Waals surface area contributed by atoms with Crippen molar-refractivity contribution in [3.8, 4) is 39.9 Å². The summed E-state index contributed by atoms with van der Waals surface area (Å²) in [6, 6.07) is 87.4. The number of anilines is 3. The summed E-state index contributed by atoms with van der Waals surface area (Å²) >= 11 is 0. The van der Waals surface area contributed by atoms with E-state index in [2.05, 4.69) is 258 Å². The van der Waals surface area contributed by atoms with Crippen molar-refractivity contribution in [1.82, 2.24) is 29.5 Å². The Hall–Kier alpha value is -10.1. The molecule has 344 valence electrons. The summed E-state index contributed by atoms with van der Waals surface area (Å²) in [6.45, 7) is 0. The van der Waals surface area contributed by atoms with Crippen molar-refractivity contribution in [2.24, 2.45) is 0 Å². The first-order valence-electron chi connectivity index (χ1n) is 24.9. The molecule has 12 aromatic carbocycles. The number of nitrogens with zero attached hydrogens (tertiary/aromatic N) is 7. The molecule has 0 radical (unpaired) electrons. The Balaban J connectivity index is 1.03. The smallest absolute Gasteiger partial charge is 0.238 e. The standard InChI is InChI=1S/C67H41N7/c1-4-18-42(19-5-1)45-34-38-59-57(40-45)61-60(74(59)67-71-65(54-32-16-22-43-20-10-12-28-49(43)54)70-66(72-67)55-33-17-23-44-21-11-13-29-50(44)55)39-37-58-64(61)69-63-53-36-35-48(41-56(53)51-30-14-15-31-52(51)62(63)68-58)73(46-24-6-2-7-25-46)47-26-8-3-9-27-47/h1-41H. The lowest BCUT2D eigenvalue weighted by atomic mass is 9.98. The third-order valence-corrected chi connectivity index (χ3v) is 14.6. The average Bonchev–Trinajstić information content (AvgIpc) is 3.86. The lowest BCUT2D eigenvalue weighted by Gasteiger charge is -2.26. The van der Waals surface area contributed by atoms with E-state index >= 15 is 0 Å². The lowest BCUT2D eigenvalue weighted by Crippen LogP contribution is -2.09. The molecule has 0 aliphatic heterocycles. The van der Waals surface area contributed by atoms with Crippen LogP contribution in [0.15, 0.2) is 249 Å². The summed E-state index contributed by atoms with van der Waals surface area (Å²) in [7, 11) is 0. The van der Waals surface area contributed by atoms with Gasteiger partial charge in [0.15, 0.2) is 11.6 Å². The summed E-state index contributed by atoms with van der Waals surface area (Å²) in [5.74, 6) is 1.69. The number of rotatable bonds is 7. The minimum absolute atomic E-state index is 0.511. The van der Waals surface area contributed by atoms with Crippen molar-refractivity contribution >= 4 is 104 Å². The van der Waals surface area contributed by atoms with E-state index in [0.29, 0.717) is 17.6 Å². The van der Waals surface area contributed by atoms with Gasteiger partial charge in [-0.25, -0.2) is 15.0 Å². The quantitative estimate of drug-likeness (QED) is 0.117. The molecule has 0 unspecified atom stereocenters. The number of para-hydroxylation sites is 2. The van der Waals surface area contributed by atoms with Crippen LogP contribution in [0.2, 0.25) is 0 Å². The Bertz CT molecular complexity index is 4580. The van der Waals surface area contributed by atoms with Crippen LogP contribution in [0.4, 0.5) is 17.1 Å². The maximum absolute atomic E-state index is 5.79. The molecule has 15 aromatic rings. The van der Waals surface area contributed by atoms with Crippen LogP contribution in [0.3, 0.4) is 0 Å². The second-order valence-electron chi connectivity index (χ2n) is 18.8. The fourth-order valence-corrected chi connectivity index (χ4v) is 11.2. The van der Waals surface area contributed by atoms with Gasteiger partial charge in [-0.3, -0.25) is 4.57 Å².